The number of ketones is 1. The van der Waals surface area contributed by atoms with Crippen LogP contribution in [0.4, 0.5) is 0 Å². The standard InChI is InChI=1S/C14H19NO4S.ClH/c1-9(16)10-4-5-12(13(8-10)18-2)19-14(17)11(15)6-7-20-3;/h4-5,8,11H,6-7,15H2,1-3H3;1H/t11-;/m0./s1. The van der Waals surface area contributed by atoms with Gasteiger partial charge < -0.3 is 15.2 Å². The van der Waals surface area contributed by atoms with Crippen LogP contribution < -0.4 is 15.2 Å². The molecule has 0 spiro atoms. The number of nitrogens with two attached hydrogens (primary N) is 1. The Balaban J connectivity index is 0.00000400. The predicted octanol–water partition coefficient (Wildman–Crippen LogP) is 2.31. The lowest BCUT2D eigenvalue weighted by Crippen LogP contribution is -2.34. The van der Waals surface area contributed by atoms with Gasteiger partial charge in [0, 0.05) is 5.56 Å². The first-order valence-corrected chi connectivity index (χ1v) is 7.54. The molecule has 5 nitrogen and oxygen atoms in total. The van der Waals surface area contributed by atoms with Crippen LogP contribution in [0.3, 0.4) is 0 Å². The average molecular weight is 334 g/mol. The Morgan fingerprint density at radius 3 is 2.52 bits per heavy atom. The summed E-state index contributed by atoms with van der Waals surface area (Å²) >= 11 is 1.62. The van der Waals surface area contributed by atoms with Crippen LogP contribution in [0.15, 0.2) is 18.2 Å². The number of Topliss-reactive ketones (excluding diaryl/α,β-unsaturated/α-hetero) is 1. The van der Waals surface area contributed by atoms with Crippen LogP contribution >= 0.6 is 24.2 Å². The number of halogens is 1. The fourth-order valence-corrected chi connectivity index (χ4v) is 2.01. The molecule has 0 bridgehead atoms. The molecule has 1 aromatic rings. The second-order valence-electron chi connectivity index (χ2n) is 4.23. The van der Waals surface area contributed by atoms with Gasteiger partial charge in [-0.25, -0.2) is 4.79 Å². The van der Waals surface area contributed by atoms with E-state index in [9.17, 15) is 9.59 Å². The number of hydrogen-bond donors (Lipinski definition) is 1. The Kier molecular flexibility index (Phi) is 9.08. The van der Waals surface area contributed by atoms with Crippen molar-refractivity contribution in [1.82, 2.24) is 0 Å². The van der Waals surface area contributed by atoms with Crippen molar-refractivity contribution in [1.29, 1.82) is 0 Å². The van der Waals surface area contributed by atoms with Crippen LogP contribution in [-0.2, 0) is 4.79 Å². The maximum atomic E-state index is 11.8. The minimum absolute atomic E-state index is 0. The van der Waals surface area contributed by atoms with Gasteiger partial charge in [-0.1, -0.05) is 0 Å². The molecule has 0 unspecified atom stereocenters. The third kappa shape index (κ3) is 5.95. The monoisotopic (exact) mass is 333 g/mol. The average Bonchev–Trinajstić information content (AvgIpc) is 2.44. The van der Waals surface area contributed by atoms with E-state index in [1.807, 2.05) is 6.26 Å². The Bertz CT molecular complexity index is 496. The van der Waals surface area contributed by atoms with Gasteiger partial charge in [-0.15, -0.1) is 12.4 Å². The highest BCUT2D eigenvalue weighted by Gasteiger charge is 2.18. The minimum atomic E-state index is -0.667. The van der Waals surface area contributed by atoms with Gasteiger partial charge in [0.1, 0.15) is 6.04 Å². The van der Waals surface area contributed by atoms with Gasteiger partial charge >= 0.3 is 5.97 Å². The lowest BCUT2D eigenvalue weighted by Gasteiger charge is -2.13. The summed E-state index contributed by atoms with van der Waals surface area (Å²) in [7, 11) is 1.45. The van der Waals surface area contributed by atoms with Crippen molar-refractivity contribution in [2.75, 3.05) is 19.1 Å². The lowest BCUT2D eigenvalue weighted by molar-refractivity contribution is -0.136. The number of esters is 1. The van der Waals surface area contributed by atoms with Gasteiger partial charge in [0.2, 0.25) is 0 Å². The first-order valence-electron chi connectivity index (χ1n) is 6.14. The van der Waals surface area contributed by atoms with Gasteiger partial charge in [-0.3, -0.25) is 4.79 Å². The Hall–Kier alpha value is -1.24. The molecule has 0 radical (unpaired) electrons. The molecule has 0 saturated heterocycles. The van der Waals surface area contributed by atoms with E-state index in [2.05, 4.69) is 0 Å². The highest BCUT2D eigenvalue weighted by atomic mass is 35.5. The zero-order valence-electron chi connectivity index (χ0n) is 12.3. The number of rotatable bonds is 7. The van der Waals surface area contributed by atoms with Crippen molar-refractivity contribution in [3.05, 3.63) is 23.8 Å². The maximum Gasteiger partial charge on any atom is 0.328 e. The topological polar surface area (TPSA) is 78.6 Å². The van der Waals surface area contributed by atoms with Crippen LogP contribution in [0.2, 0.25) is 0 Å². The van der Waals surface area contributed by atoms with Crippen LogP contribution in [0.25, 0.3) is 0 Å². The molecule has 0 heterocycles. The number of hydrogen-bond acceptors (Lipinski definition) is 6. The smallest absolute Gasteiger partial charge is 0.328 e. The molecule has 0 aromatic heterocycles. The van der Waals surface area contributed by atoms with Gasteiger partial charge in [-0.05, 0) is 43.6 Å². The molecule has 0 aliphatic carbocycles. The third-order valence-corrected chi connectivity index (χ3v) is 3.36. The van der Waals surface area contributed by atoms with E-state index in [1.165, 1.54) is 20.1 Å². The molecule has 2 N–H and O–H groups in total. The molecule has 1 atom stereocenters. The molecule has 0 amide bonds. The number of carbonyl (C=O) groups is 2. The molecule has 1 aromatic carbocycles. The van der Waals surface area contributed by atoms with Gasteiger partial charge in [-0.2, -0.15) is 11.8 Å². The van der Waals surface area contributed by atoms with Crippen molar-refractivity contribution in [2.24, 2.45) is 5.73 Å². The first-order chi connectivity index (χ1) is 9.49. The Labute approximate surface area is 135 Å². The number of thioether (sulfide) groups is 1. The van der Waals surface area contributed by atoms with Crippen LogP contribution in [0, 0.1) is 0 Å². The van der Waals surface area contributed by atoms with E-state index >= 15 is 0 Å². The van der Waals surface area contributed by atoms with E-state index < -0.39 is 12.0 Å². The molecule has 0 fully saturated rings. The minimum Gasteiger partial charge on any atom is -0.493 e. The van der Waals surface area contributed by atoms with Crippen LogP contribution in [-0.4, -0.2) is 36.9 Å². The van der Waals surface area contributed by atoms with Gasteiger partial charge in [0.25, 0.3) is 0 Å². The van der Waals surface area contributed by atoms with Crippen molar-refractivity contribution < 1.29 is 19.1 Å². The molecule has 0 saturated carbocycles. The lowest BCUT2D eigenvalue weighted by atomic mass is 10.1. The second-order valence-corrected chi connectivity index (χ2v) is 5.22. The predicted molar refractivity (Wildman–Crippen MR) is 86.9 cm³/mol. The molecular formula is C14H20ClNO4S. The summed E-state index contributed by atoms with van der Waals surface area (Å²) < 4.78 is 10.3. The van der Waals surface area contributed by atoms with Crippen molar-refractivity contribution >= 4 is 35.9 Å². The number of ether oxygens (including phenoxy) is 2. The van der Waals surface area contributed by atoms with Crippen molar-refractivity contribution in [3.8, 4) is 11.5 Å². The van der Waals surface area contributed by atoms with Gasteiger partial charge in [0.05, 0.1) is 7.11 Å². The van der Waals surface area contributed by atoms with E-state index in [0.717, 1.165) is 5.75 Å². The number of benzene rings is 1. The fourth-order valence-electron chi connectivity index (χ4n) is 1.52. The Morgan fingerprint density at radius 2 is 2.00 bits per heavy atom. The molecule has 118 valence electrons. The summed E-state index contributed by atoms with van der Waals surface area (Å²) in [6.07, 6.45) is 2.50. The number of carbonyl (C=O) groups excluding carboxylic acids is 2. The highest BCUT2D eigenvalue weighted by Crippen LogP contribution is 2.28. The van der Waals surface area contributed by atoms with Crippen LogP contribution in [0.5, 0.6) is 11.5 Å². The largest absolute Gasteiger partial charge is 0.493 e. The van der Waals surface area contributed by atoms with Gasteiger partial charge in [0.15, 0.2) is 17.3 Å². The molecule has 0 aliphatic rings. The fraction of sp³-hybridized carbons (Fsp3) is 0.429. The van der Waals surface area contributed by atoms with Crippen LogP contribution in [0.1, 0.15) is 23.7 Å². The zero-order chi connectivity index (χ0) is 15.1. The summed E-state index contributed by atoms with van der Waals surface area (Å²) in [5.74, 6) is 0.799. The SMILES string of the molecule is COc1cc(C(C)=O)ccc1OC(=O)[C@@H](N)CCSC.Cl. The van der Waals surface area contributed by atoms with E-state index in [0.29, 0.717) is 17.7 Å². The van der Waals surface area contributed by atoms with E-state index in [4.69, 9.17) is 15.2 Å². The molecule has 7 heteroatoms. The van der Waals surface area contributed by atoms with E-state index in [-0.39, 0.29) is 23.9 Å². The third-order valence-electron chi connectivity index (χ3n) is 2.72. The zero-order valence-corrected chi connectivity index (χ0v) is 13.9. The molecule has 1 rings (SSSR count). The van der Waals surface area contributed by atoms with Crippen molar-refractivity contribution in [3.63, 3.8) is 0 Å². The van der Waals surface area contributed by atoms with E-state index in [1.54, 1.807) is 23.9 Å². The Morgan fingerprint density at radius 1 is 1.33 bits per heavy atom. The maximum absolute atomic E-state index is 11.8. The van der Waals surface area contributed by atoms with Crippen molar-refractivity contribution in [2.45, 2.75) is 19.4 Å². The highest BCUT2D eigenvalue weighted by molar-refractivity contribution is 7.98. The molecular weight excluding hydrogens is 314 g/mol. The normalized spacial score (nSPS) is 11.2. The first kappa shape index (κ1) is 19.8. The summed E-state index contributed by atoms with van der Waals surface area (Å²) in [4.78, 5) is 23.1. The summed E-state index contributed by atoms with van der Waals surface area (Å²) in [6, 6.07) is 3.99. The molecule has 0 aliphatic heterocycles. The quantitative estimate of drug-likeness (QED) is 0.468. The summed E-state index contributed by atoms with van der Waals surface area (Å²) in [5, 5.41) is 0. The second kappa shape index (κ2) is 9.65. The summed E-state index contributed by atoms with van der Waals surface area (Å²) in [5.41, 5.74) is 6.23. The number of methoxy groups -OCH3 is 1. The summed E-state index contributed by atoms with van der Waals surface area (Å²) in [6.45, 7) is 1.46. The molecule has 21 heavy (non-hydrogen) atoms.